The minimum atomic E-state index is -5.08. The number of carbonyl (C=O) groups is 1. The first kappa shape index (κ1) is 21.7. The Kier molecular flexibility index (Phi) is 6.65. The summed E-state index contributed by atoms with van der Waals surface area (Å²) < 4.78 is 72.0. The molecule has 0 aliphatic carbocycles. The fraction of sp³-hybridized carbons (Fsp3) is 0.438. The lowest BCUT2D eigenvalue weighted by atomic mass is 9.98. The van der Waals surface area contributed by atoms with Crippen molar-refractivity contribution in [3.8, 4) is 0 Å². The predicted molar refractivity (Wildman–Crippen MR) is 84.3 cm³/mol. The number of carboxylic acids is 1. The summed E-state index contributed by atoms with van der Waals surface area (Å²) in [5.41, 5.74) is 0.406. The highest BCUT2D eigenvalue weighted by Gasteiger charge is 2.38. The van der Waals surface area contributed by atoms with Crippen molar-refractivity contribution in [2.24, 2.45) is 5.92 Å². The van der Waals surface area contributed by atoms with Gasteiger partial charge in [0.1, 0.15) is 0 Å². The standard InChI is InChI=1S/C14H15F3N4.C2HF3O2/c15-14(16,17)13-4-2-1-3-11(13)8-21-9-12(19-20-21)5-10-6-18-7-10;3-2(4,5)1(6)7/h1-4,9-10,18H,5-8H2;(H,6,7). The number of aliphatic carboxylic acids is 1. The van der Waals surface area contributed by atoms with Crippen LogP contribution in [-0.4, -0.2) is 45.3 Å². The summed E-state index contributed by atoms with van der Waals surface area (Å²) in [6, 6.07) is 5.55. The first-order valence-corrected chi connectivity index (χ1v) is 8.01. The van der Waals surface area contributed by atoms with Gasteiger partial charge in [0.25, 0.3) is 0 Å². The molecule has 0 amide bonds. The molecule has 3 rings (SSSR count). The van der Waals surface area contributed by atoms with E-state index in [9.17, 15) is 26.3 Å². The van der Waals surface area contributed by atoms with Crippen molar-refractivity contribution < 1.29 is 36.2 Å². The Balaban J connectivity index is 0.000000345. The molecule has 0 spiro atoms. The number of benzene rings is 1. The molecule has 1 aromatic heterocycles. The lowest BCUT2D eigenvalue weighted by Crippen LogP contribution is -2.43. The lowest BCUT2D eigenvalue weighted by molar-refractivity contribution is -0.192. The molecule has 0 atom stereocenters. The molecule has 0 unspecified atom stereocenters. The second-order valence-corrected chi connectivity index (χ2v) is 6.09. The van der Waals surface area contributed by atoms with Gasteiger partial charge >= 0.3 is 18.3 Å². The molecule has 1 aliphatic rings. The van der Waals surface area contributed by atoms with Gasteiger partial charge in [0.15, 0.2) is 0 Å². The lowest BCUT2D eigenvalue weighted by Gasteiger charge is -2.25. The van der Waals surface area contributed by atoms with Gasteiger partial charge in [0.05, 0.1) is 17.8 Å². The van der Waals surface area contributed by atoms with Gasteiger partial charge in [-0.1, -0.05) is 23.4 Å². The number of halogens is 6. The van der Waals surface area contributed by atoms with Gasteiger partial charge < -0.3 is 10.4 Å². The van der Waals surface area contributed by atoms with E-state index in [2.05, 4.69) is 15.6 Å². The zero-order valence-corrected chi connectivity index (χ0v) is 14.3. The third kappa shape index (κ3) is 6.22. The minimum Gasteiger partial charge on any atom is -0.475 e. The van der Waals surface area contributed by atoms with Gasteiger partial charge in [-0.05, 0) is 37.1 Å². The summed E-state index contributed by atoms with van der Waals surface area (Å²) in [6.45, 7) is 2.00. The molecule has 2 aromatic rings. The average molecular weight is 410 g/mol. The van der Waals surface area contributed by atoms with Crippen molar-refractivity contribution in [3.05, 3.63) is 47.3 Å². The number of nitrogens with zero attached hydrogens (tertiary/aromatic N) is 3. The summed E-state index contributed by atoms with van der Waals surface area (Å²) in [7, 11) is 0. The highest BCUT2D eigenvalue weighted by atomic mass is 19.4. The Morgan fingerprint density at radius 2 is 1.79 bits per heavy atom. The molecule has 0 saturated carbocycles. The van der Waals surface area contributed by atoms with E-state index in [-0.39, 0.29) is 12.1 Å². The van der Waals surface area contributed by atoms with Crippen LogP contribution in [0.4, 0.5) is 26.3 Å². The second-order valence-electron chi connectivity index (χ2n) is 6.09. The molecular weight excluding hydrogens is 394 g/mol. The monoisotopic (exact) mass is 410 g/mol. The Morgan fingerprint density at radius 1 is 1.18 bits per heavy atom. The summed E-state index contributed by atoms with van der Waals surface area (Å²) in [6.07, 6.45) is -6.89. The van der Waals surface area contributed by atoms with Crippen LogP contribution in [0.2, 0.25) is 0 Å². The number of aromatic nitrogens is 3. The maximum absolute atomic E-state index is 12.9. The third-order valence-electron chi connectivity index (χ3n) is 3.85. The largest absolute Gasteiger partial charge is 0.490 e. The van der Waals surface area contributed by atoms with Crippen molar-refractivity contribution in [2.45, 2.75) is 25.3 Å². The third-order valence-corrected chi connectivity index (χ3v) is 3.85. The summed E-state index contributed by atoms with van der Waals surface area (Å²) >= 11 is 0. The van der Waals surface area contributed by atoms with E-state index in [0.29, 0.717) is 5.92 Å². The first-order valence-electron chi connectivity index (χ1n) is 8.01. The smallest absolute Gasteiger partial charge is 0.475 e. The maximum atomic E-state index is 12.9. The molecule has 12 heteroatoms. The van der Waals surface area contributed by atoms with Crippen LogP contribution in [0.3, 0.4) is 0 Å². The molecule has 0 radical (unpaired) electrons. The van der Waals surface area contributed by atoms with Crippen LogP contribution in [0.25, 0.3) is 0 Å². The van der Waals surface area contributed by atoms with Crippen molar-refractivity contribution in [1.82, 2.24) is 20.3 Å². The molecule has 1 aliphatic heterocycles. The van der Waals surface area contributed by atoms with Gasteiger partial charge in [-0.3, -0.25) is 0 Å². The van der Waals surface area contributed by atoms with Crippen LogP contribution in [0.15, 0.2) is 30.5 Å². The predicted octanol–water partition coefficient (Wildman–Crippen LogP) is 2.74. The van der Waals surface area contributed by atoms with Crippen LogP contribution in [0.1, 0.15) is 16.8 Å². The van der Waals surface area contributed by atoms with Crippen LogP contribution in [0, 0.1) is 5.92 Å². The summed E-state index contributed by atoms with van der Waals surface area (Å²) in [4.78, 5) is 8.90. The SMILES string of the molecule is FC(F)(F)c1ccccc1Cn1cc(CC2CNC2)nn1.O=C(O)C(F)(F)F. The number of alkyl halides is 6. The molecule has 1 saturated heterocycles. The van der Waals surface area contributed by atoms with Crippen LogP contribution in [0.5, 0.6) is 0 Å². The van der Waals surface area contributed by atoms with E-state index in [1.54, 1.807) is 12.3 Å². The molecule has 28 heavy (non-hydrogen) atoms. The minimum absolute atomic E-state index is 0.0750. The Morgan fingerprint density at radius 3 is 2.29 bits per heavy atom. The Labute approximate surface area is 155 Å². The summed E-state index contributed by atoms with van der Waals surface area (Å²) in [5.74, 6) is -2.20. The Hall–Kier alpha value is -2.63. The van der Waals surface area contributed by atoms with E-state index < -0.39 is 23.9 Å². The molecule has 1 aromatic carbocycles. The maximum Gasteiger partial charge on any atom is 0.490 e. The van der Waals surface area contributed by atoms with Gasteiger partial charge in [-0.2, -0.15) is 26.3 Å². The highest BCUT2D eigenvalue weighted by Crippen LogP contribution is 2.32. The zero-order valence-electron chi connectivity index (χ0n) is 14.3. The van der Waals surface area contributed by atoms with E-state index in [0.717, 1.165) is 31.3 Å². The average Bonchev–Trinajstić information content (AvgIpc) is 2.97. The van der Waals surface area contributed by atoms with Crippen molar-refractivity contribution >= 4 is 5.97 Å². The molecule has 2 N–H and O–H groups in total. The molecule has 1 fully saturated rings. The first-order chi connectivity index (χ1) is 13.0. The second kappa shape index (κ2) is 8.59. The number of nitrogens with one attached hydrogen (secondary N) is 1. The van der Waals surface area contributed by atoms with Crippen molar-refractivity contribution in [3.63, 3.8) is 0 Å². The molecule has 0 bridgehead atoms. The van der Waals surface area contributed by atoms with Crippen LogP contribution >= 0.6 is 0 Å². The highest BCUT2D eigenvalue weighted by molar-refractivity contribution is 5.73. The quantitative estimate of drug-likeness (QED) is 0.758. The van der Waals surface area contributed by atoms with E-state index in [4.69, 9.17) is 9.90 Å². The number of carboxylic acid groups (broad SMARTS) is 1. The fourth-order valence-corrected chi connectivity index (χ4v) is 2.41. The normalized spacial score (nSPS) is 14.8. The zero-order chi connectivity index (χ0) is 20.9. The summed E-state index contributed by atoms with van der Waals surface area (Å²) in [5, 5.41) is 18.3. The number of rotatable bonds is 4. The van der Waals surface area contributed by atoms with Crippen LogP contribution < -0.4 is 5.32 Å². The van der Waals surface area contributed by atoms with E-state index in [1.807, 2.05) is 0 Å². The van der Waals surface area contributed by atoms with E-state index in [1.165, 1.54) is 16.8 Å². The number of hydrogen-bond donors (Lipinski definition) is 2. The van der Waals surface area contributed by atoms with E-state index >= 15 is 0 Å². The fourth-order valence-electron chi connectivity index (χ4n) is 2.41. The Bertz CT molecular complexity index is 799. The van der Waals surface area contributed by atoms with Gasteiger partial charge in [0, 0.05) is 6.20 Å². The topological polar surface area (TPSA) is 80.0 Å². The van der Waals surface area contributed by atoms with Gasteiger partial charge in [-0.25, -0.2) is 9.48 Å². The van der Waals surface area contributed by atoms with Crippen LogP contribution in [-0.2, 0) is 23.9 Å². The van der Waals surface area contributed by atoms with Crippen molar-refractivity contribution in [1.29, 1.82) is 0 Å². The molecule has 2 heterocycles. The van der Waals surface area contributed by atoms with Gasteiger partial charge in [0.2, 0.25) is 0 Å². The molecule has 154 valence electrons. The molecule has 6 nitrogen and oxygen atoms in total. The number of hydrogen-bond acceptors (Lipinski definition) is 4. The van der Waals surface area contributed by atoms with Gasteiger partial charge in [-0.15, -0.1) is 5.10 Å². The molecular formula is C16H16F6N4O2. The van der Waals surface area contributed by atoms with Crippen molar-refractivity contribution in [2.75, 3.05) is 13.1 Å².